The summed E-state index contributed by atoms with van der Waals surface area (Å²) < 4.78 is 0. The van der Waals surface area contributed by atoms with E-state index in [-0.39, 0.29) is 0 Å². The van der Waals surface area contributed by atoms with Gasteiger partial charge in [-0.2, -0.15) is 0 Å². The normalized spacial score (nSPS) is 17.1. The average Bonchev–Trinajstić information content (AvgIpc) is 2.29. The van der Waals surface area contributed by atoms with Crippen LogP contribution in [0.4, 0.5) is 0 Å². The monoisotopic (exact) mass is 210 g/mol. The maximum Gasteiger partial charge on any atom is 0.0163 e. The highest BCUT2D eigenvalue weighted by atomic mass is 15.1. The van der Waals surface area contributed by atoms with Gasteiger partial charge in [0.2, 0.25) is 0 Å². The van der Waals surface area contributed by atoms with Crippen molar-refractivity contribution in [2.24, 2.45) is 0 Å². The molecular formula is C13H26N2. The molecule has 0 radical (unpaired) electrons. The molecule has 1 aliphatic rings. The largest absolute Gasteiger partial charge is 0.317 e. The summed E-state index contributed by atoms with van der Waals surface area (Å²) in [6.07, 6.45) is 11.2. The first-order chi connectivity index (χ1) is 7.43. The van der Waals surface area contributed by atoms with Crippen LogP contribution in [0.25, 0.3) is 0 Å². The molecule has 0 saturated heterocycles. The molecule has 88 valence electrons. The predicted molar refractivity (Wildman–Crippen MR) is 67.2 cm³/mol. The first kappa shape index (κ1) is 12.7. The summed E-state index contributed by atoms with van der Waals surface area (Å²) in [5.41, 5.74) is 0. The van der Waals surface area contributed by atoms with Crippen LogP contribution >= 0.6 is 0 Å². The average molecular weight is 210 g/mol. The second-order valence-electron chi connectivity index (χ2n) is 4.37. The molecule has 0 bridgehead atoms. The first-order valence-electron chi connectivity index (χ1n) is 6.51. The molecule has 0 amide bonds. The number of hydrogen-bond donors (Lipinski definition) is 1. The maximum atomic E-state index is 3.45. The standard InChI is InChI=1S/C13H26N2/c1-2-9-14-10-5-3-6-11-15-12-7-4-8-13-15/h4,7,14H,2-3,5-6,8-13H2,1H3. The highest BCUT2D eigenvalue weighted by molar-refractivity contribution is 4.90. The molecule has 1 N–H and O–H groups in total. The Kier molecular flexibility index (Phi) is 7.58. The Labute approximate surface area is 94.7 Å². The molecule has 0 aromatic carbocycles. The van der Waals surface area contributed by atoms with Gasteiger partial charge in [0.1, 0.15) is 0 Å². The van der Waals surface area contributed by atoms with Gasteiger partial charge in [0.15, 0.2) is 0 Å². The molecule has 0 aliphatic carbocycles. The summed E-state index contributed by atoms with van der Waals surface area (Å²) in [5.74, 6) is 0. The molecule has 0 fully saturated rings. The molecule has 0 unspecified atom stereocenters. The molecular weight excluding hydrogens is 184 g/mol. The number of rotatable bonds is 8. The molecule has 2 nitrogen and oxygen atoms in total. The summed E-state index contributed by atoms with van der Waals surface area (Å²) in [5, 5.41) is 3.45. The fourth-order valence-electron chi connectivity index (χ4n) is 1.96. The molecule has 0 aromatic heterocycles. The van der Waals surface area contributed by atoms with Gasteiger partial charge in [0, 0.05) is 13.1 Å². The minimum Gasteiger partial charge on any atom is -0.317 e. The van der Waals surface area contributed by atoms with Crippen molar-refractivity contribution in [1.29, 1.82) is 0 Å². The van der Waals surface area contributed by atoms with Crippen molar-refractivity contribution in [2.75, 3.05) is 32.7 Å². The van der Waals surface area contributed by atoms with E-state index in [1.54, 1.807) is 0 Å². The summed E-state index contributed by atoms with van der Waals surface area (Å²) in [6.45, 7) is 8.33. The lowest BCUT2D eigenvalue weighted by Crippen LogP contribution is -2.28. The third-order valence-electron chi connectivity index (χ3n) is 2.90. The second-order valence-corrected chi connectivity index (χ2v) is 4.37. The highest BCUT2D eigenvalue weighted by Gasteiger charge is 2.04. The highest BCUT2D eigenvalue weighted by Crippen LogP contribution is 2.04. The van der Waals surface area contributed by atoms with Gasteiger partial charge in [-0.05, 0) is 45.3 Å². The van der Waals surface area contributed by atoms with Crippen LogP contribution in [0.1, 0.15) is 39.0 Å². The van der Waals surface area contributed by atoms with Crippen molar-refractivity contribution >= 4 is 0 Å². The van der Waals surface area contributed by atoms with E-state index in [0.717, 1.165) is 0 Å². The van der Waals surface area contributed by atoms with Gasteiger partial charge in [-0.3, -0.25) is 4.90 Å². The van der Waals surface area contributed by atoms with Gasteiger partial charge in [0.25, 0.3) is 0 Å². The van der Waals surface area contributed by atoms with Crippen LogP contribution in [-0.2, 0) is 0 Å². The van der Waals surface area contributed by atoms with Crippen LogP contribution in [0.5, 0.6) is 0 Å². The number of nitrogens with zero attached hydrogens (tertiary/aromatic N) is 1. The molecule has 0 spiro atoms. The Hall–Kier alpha value is -0.340. The number of hydrogen-bond acceptors (Lipinski definition) is 2. The number of nitrogens with one attached hydrogen (secondary N) is 1. The van der Waals surface area contributed by atoms with Crippen molar-refractivity contribution in [1.82, 2.24) is 10.2 Å². The van der Waals surface area contributed by atoms with Crippen molar-refractivity contribution in [3.63, 3.8) is 0 Å². The van der Waals surface area contributed by atoms with Gasteiger partial charge in [-0.25, -0.2) is 0 Å². The summed E-state index contributed by atoms with van der Waals surface area (Å²) in [6, 6.07) is 0. The predicted octanol–water partition coefficient (Wildman–Crippen LogP) is 2.42. The fraction of sp³-hybridized carbons (Fsp3) is 0.846. The molecule has 1 heterocycles. The van der Waals surface area contributed by atoms with E-state index in [9.17, 15) is 0 Å². The van der Waals surface area contributed by atoms with Crippen molar-refractivity contribution in [3.05, 3.63) is 12.2 Å². The summed E-state index contributed by atoms with van der Waals surface area (Å²) in [4.78, 5) is 2.56. The van der Waals surface area contributed by atoms with Crippen LogP contribution in [0, 0.1) is 0 Å². The minimum atomic E-state index is 1.17. The third-order valence-corrected chi connectivity index (χ3v) is 2.90. The van der Waals surface area contributed by atoms with Gasteiger partial charge < -0.3 is 5.32 Å². The van der Waals surface area contributed by atoms with E-state index in [1.807, 2.05) is 0 Å². The van der Waals surface area contributed by atoms with Crippen molar-refractivity contribution in [3.8, 4) is 0 Å². The summed E-state index contributed by atoms with van der Waals surface area (Å²) in [7, 11) is 0. The molecule has 15 heavy (non-hydrogen) atoms. The Morgan fingerprint density at radius 3 is 2.80 bits per heavy atom. The zero-order valence-electron chi connectivity index (χ0n) is 10.2. The van der Waals surface area contributed by atoms with Crippen LogP contribution in [0.3, 0.4) is 0 Å². The summed E-state index contributed by atoms with van der Waals surface area (Å²) >= 11 is 0. The minimum absolute atomic E-state index is 1.17. The smallest absolute Gasteiger partial charge is 0.0163 e. The Morgan fingerprint density at radius 2 is 2.07 bits per heavy atom. The Bertz CT molecular complexity index is 166. The van der Waals surface area contributed by atoms with Crippen LogP contribution < -0.4 is 5.32 Å². The van der Waals surface area contributed by atoms with Crippen molar-refractivity contribution < 1.29 is 0 Å². The molecule has 0 saturated carbocycles. The topological polar surface area (TPSA) is 15.3 Å². The van der Waals surface area contributed by atoms with Gasteiger partial charge >= 0.3 is 0 Å². The maximum absolute atomic E-state index is 3.45. The zero-order chi connectivity index (χ0) is 10.8. The zero-order valence-corrected chi connectivity index (χ0v) is 10.2. The Morgan fingerprint density at radius 1 is 1.13 bits per heavy atom. The molecule has 1 aliphatic heterocycles. The van der Waals surface area contributed by atoms with Crippen LogP contribution in [0.15, 0.2) is 12.2 Å². The van der Waals surface area contributed by atoms with Gasteiger partial charge in [-0.15, -0.1) is 0 Å². The molecule has 0 aromatic rings. The second kappa shape index (κ2) is 8.93. The first-order valence-corrected chi connectivity index (χ1v) is 6.51. The molecule has 2 heteroatoms. The molecule has 1 rings (SSSR count). The SMILES string of the molecule is CCCNCCCCCN1CC=CCC1. The Balaban J connectivity index is 1.82. The third kappa shape index (κ3) is 6.69. The lowest BCUT2D eigenvalue weighted by Gasteiger charge is -2.22. The van der Waals surface area contributed by atoms with Crippen LogP contribution in [-0.4, -0.2) is 37.6 Å². The van der Waals surface area contributed by atoms with Gasteiger partial charge in [0.05, 0.1) is 0 Å². The lowest BCUT2D eigenvalue weighted by molar-refractivity contribution is 0.291. The lowest BCUT2D eigenvalue weighted by atomic mass is 10.2. The molecule has 0 atom stereocenters. The van der Waals surface area contributed by atoms with E-state index >= 15 is 0 Å². The van der Waals surface area contributed by atoms with E-state index in [1.165, 1.54) is 64.8 Å². The van der Waals surface area contributed by atoms with E-state index in [4.69, 9.17) is 0 Å². The fourth-order valence-corrected chi connectivity index (χ4v) is 1.96. The number of unbranched alkanes of at least 4 members (excludes halogenated alkanes) is 2. The van der Waals surface area contributed by atoms with E-state index < -0.39 is 0 Å². The van der Waals surface area contributed by atoms with Gasteiger partial charge in [-0.1, -0.05) is 25.5 Å². The van der Waals surface area contributed by atoms with Crippen LogP contribution in [0.2, 0.25) is 0 Å². The van der Waals surface area contributed by atoms with E-state index in [2.05, 4.69) is 29.3 Å². The quantitative estimate of drug-likeness (QED) is 0.489. The van der Waals surface area contributed by atoms with Crippen molar-refractivity contribution in [2.45, 2.75) is 39.0 Å². The van der Waals surface area contributed by atoms with E-state index in [0.29, 0.717) is 0 Å².